The van der Waals surface area contributed by atoms with E-state index in [4.69, 9.17) is 5.11 Å². The fourth-order valence-corrected chi connectivity index (χ4v) is 3.48. The highest BCUT2D eigenvalue weighted by molar-refractivity contribution is 9.09. The second-order valence-corrected chi connectivity index (χ2v) is 6.34. The lowest BCUT2D eigenvalue weighted by atomic mass is 9.80. The van der Waals surface area contributed by atoms with Crippen molar-refractivity contribution in [2.45, 2.75) is 65.8 Å². The van der Waals surface area contributed by atoms with E-state index in [-0.39, 0.29) is 0 Å². The van der Waals surface area contributed by atoms with Gasteiger partial charge in [-0.3, -0.25) is 0 Å². The van der Waals surface area contributed by atoms with E-state index in [9.17, 15) is 0 Å². The number of rotatable bonds is 11. The summed E-state index contributed by atoms with van der Waals surface area (Å²) in [6, 6.07) is 0.559. The number of halogens is 1. The van der Waals surface area contributed by atoms with Gasteiger partial charge >= 0.3 is 0 Å². The van der Waals surface area contributed by atoms with Crippen LogP contribution in [0, 0.1) is 5.41 Å². The zero-order valence-corrected chi connectivity index (χ0v) is 14.3. The number of aliphatic hydroxyl groups is 1. The van der Waals surface area contributed by atoms with E-state index < -0.39 is 0 Å². The molecule has 110 valence electrons. The summed E-state index contributed by atoms with van der Waals surface area (Å²) in [6.07, 6.45) is 5.95. The molecule has 2 nitrogen and oxygen atoms in total. The molecule has 0 aromatic rings. The molecule has 0 aromatic carbocycles. The first-order valence-electron chi connectivity index (χ1n) is 7.46. The van der Waals surface area contributed by atoms with Gasteiger partial charge in [0, 0.05) is 31.1 Å². The molecule has 0 radical (unpaired) electrons. The average molecular weight is 322 g/mol. The van der Waals surface area contributed by atoms with Crippen LogP contribution in [-0.2, 0) is 0 Å². The first-order chi connectivity index (χ1) is 8.55. The van der Waals surface area contributed by atoms with Crippen molar-refractivity contribution in [1.82, 2.24) is 4.90 Å². The maximum atomic E-state index is 9.02. The SMILES string of the molecule is CCCC(CBr)(CCC)CN(CCCO)C(C)C. The van der Waals surface area contributed by atoms with E-state index in [1.54, 1.807) is 0 Å². The summed E-state index contributed by atoms with van der Waals surface area (Å²) in [7, 11) is 0. The van der Waals surface area contributed by atoms with Gasteiger partial charge in [0.15, 0.2) is 0 Å². The summed E-state index contributed by atoms with van der Waals surface area (Å²) in [6.45, 7) is 11.5. The van der Waals surface area contributed by atoms with Crippen LogP contribution in [0.2, 0.25) is 0 Å². The molecule has 0 amide bonds. The lowest BCUT2D eigenvalue weighted by Crippen LogP contribution is -2.43. The second kappa shape index (κ2) is 10.2. The van der Waals surface area contributed by atoms with E-state index in [1.807, 2.05) is 0 Å². The lowest BCUT2D eigenvalue weighted by molar-refractivity contribution is 0.112. The minimum atomic E-state index is 0.298. The topological polar surface area (TPSA) is 23.5 Å². The van der Waals surface area contributed by atoms with E-state index in [2.05, 4.69) is 48.5 Å². The van der Waals surface area contributed by atoms with Crippen molar-refractivity contribution in [2.24, 2.45) is 5.41 Å². The highest BCUT2D eigenvalue weighted by atomic mass is 79.9. The molecule has 0 saturated heterocycles. The molecular weight excluding hydrogens is 290 g/mol. The fourth-order valence-electron chi connectivity index (χ4n) is 2.74. The third-order valence-corrected chi connectivity index (χ3v) is 4.91. The van der Waals surface area contributed by atoms with Crippen LogP contribution in [0.3, 0.4) is 0 Å². The average Bonchev–Trinajstić information content (AvgIpc) is 2.34. The van der Waals surface area contributed by atoms with Gasteiger partial charge in [-0.1, -0.05) is 42.6 Å². The maximum absolute atomic E-state index is 9.02. The number of nitrogens with zero attached hydrogens (tertiary/aromatic N) is 1. The first-order valence-corrected chi connectivity index (χ1v) is 8.58. The van der Waals surface area contributed by atoms with Crippen LogP contribution in [0.1, 0.15) is 59.8 Å². The Bertz CT molecular complexity index is 191. The molecule has 0 rings (SSSR count). The minimum Gasteiger partial charge on any atom is -0.396 e. The maximum Gasteiger partial charge on any atom is 0.0443 e. The standard InChI is InChI=1S/C15H32BrNO/c1-5-8-15(12-16,9-6-2)13-17(14(3)4)10-7-11-18/h14,18H,5-13H2,1-4H3. The number of hydrogen-bond donors (Lipinski definition) is 1. The normalized spacial score (nSPS) is 12.7. The molecule has 0 aliphatic carbocycles. The largest absolute Gasteiger partial charge is 0.396 e. The van der Waals surface area contributed by atoms with E-state index in [1.165, 1.54) is 25.7 Å². The second-order valence-electron chi connectivity index (χ2n) is 5.78. The van der Waals surface area contributed by atoms with E-state index in [0.717, 1.165) is 24.8 Å². The van der Waals surface area contributed by atoms with E-state index >= 15 is 0 Å². The van der Waals surface area contributed by atoms with Crippen LogP contribution in [0.25, 0.3) is 0 Å². The van der Waals surface area contributed by atoms with Crippen molar-refractivity contribution in [3.63, 3.8) is 0 Å². The number of hydrogen-bond acceptors (Lipinski definition) is 2. The predicted octanol–water partition coefficient (Wildman–Crippen LogP) is 4.06. The van der Waals surface area contributed by atoms with Crippen LogP contribution in [-0.4, -0.2) is 41.1 Å². The Hall–Kier alpha value is 0.400. The Morgan fingerprint density at radius 2 is 1.72 bits per heavy atom. The zero-order valence-electron chi connectivity index (χ0n) is 12.7. The number of aliphatic hydroxyl groups excluding tert-OH is 1. The van der Waals surface area contributed by atoms with Crippen LogP contribution in [0.5, 0.6) is 0 Å². The third kappa shape index (κ3) is 6.53. The van der Waals surface area contributed by atoms with Crippen LogP contribution >= 0.6 is 15.9 Å². The third-order valence-electron chi connectivity index (χ3n) is 3.72. The van der Waals surface area contributed by atoms with Gasteiger partial charge in [-0.25, -0.2) is 0 Å². The molecule has 0 spiro atoms. The number of alkyl halides is 1. The minimum absolute atomic E-state index is 0.298. The summed E-state index contributed by atoms with van der Waals surface area (Å²) in [4.78, 5) is 2.53. The van der Waals surface area contributed by atoms with Crippen molar-refractivity contribution >= 4 is 15.9 Å². The molecule has 0 unspecified atom stereocenters. The molecule has 18 heavy (non-hydrogen) atoms. The predicted molar refractivity (Wildman–Crippen MR) is 84.5 cm³/mol. The molecule has 0 bridgehead atoms. The molecular formula is C15H32BrNO. The van der Waals surface area contributed by atoms with Crippen LogP contribution < -0.4 is 0 Å². The summed E-state index contributed by atoms with van der Waals surface area (Å²) in [5, 5.41) is 10.1. The molecule has 0 saturated carbocycles. The zero-order chi connectivity index (χ0) is 14.0. The molecule has 0 aromatic heterocycles. The lowest BCUT2D eigenvalue weighted by Gasteiger charge is -2.39. The van der Waals surface area contributed by atoms with Crippen LogP contribution in [0.4, 0.5) is 0 Å². The molecule has 3 heteroatoms. The van der Waals surface area contributed by atoms with Crippen molar-refractivity contribution in [3.8, 4) is 0 Å². The van der Waals surface area contributed by atoms with Gasteiger partial charge in [-0.05, 0) is 38.5 Å². The fraction of sp³-hybridized carbons (Fsp3) is 1.00. The van der Waals surface area contributed by atoms with Gasteiger partial charge in [0.05, 0.1) is 0 Å². The summed E-state index contributed by atoms with van der Waals surface area (Å²) >= 11 is 3.74. The Morgan fingerprint density at radius 3 is 2.06 bits per heavy atom. The van der Waals surface area contributed by atoms with Gasteiger partial charge in [0.2, 0.25) is 0 Å². The van der Waals surface area contributed by atoms with Crippen molar-refractivity contribution < 1.29 is 5.11 Å². The van der Waals surface area contributed by atoms with Crippen LogP contribution in [0.15, 0.2) is 0 Å². The monoisotopic (exact) mass is 321 g/mol. The molecule has 1 N–H and O–H groups in total. The van der Waals surface area contributed by atoms with Crippen molar-refractivity contribution in [3.05, 3.63) is 0 Å². The summed E-state index contributed by atoms with van der Waals surface area (Å²) in [5.74, 6) is 0. The molecule has 0 heterocycles. The molecule has 0 aliphatic rings. The highest BCUT2D eigenvalue weighted by Gasteiger charge is 2.30. The Morgan fingerprint density at radius 1 is 1.17 bits per heavy atom. The first kappa shape index (κ1) is 18.4. The van der Waals surface area contributed by atoms with Gasteiger partial charge in [-0.2, -0.15) is 0 Å². The molecule has 0 aliphatic heterocycles. The van der Waals surface area contributed by atoms with Gasteiger partial charge in [0.25, 0.3) is 0 Å². The van der Waals surface area contributed by atoms with Crippen molar-refractivity contribution in [2.75, 3.05) is 25.0 Å². The Kier molecular flexibility index (Phi) is 10.4. The summed E-state index contributed by atoms with van der Waals surface area (Å²) in [5.41, 5.74) is 0.406. The Labute approximate surface area is 122 Å². The van der Waals surface area contributed by atoms with Crippen molar-refractivity contribution in [1.29, 1.82) is 0 Å². The van der Waals surface area contributed by atoms with E-state index in [0.29, 0.717) is 18.1 Å². The quantitative estimate of drug-likeness (QED) is 0.580. The Balaban J connectivity index is 4.66. The van der Waals surface area contributed by atoms with Gasteiger partial charge < -0.3 is 10.0 Å². The van der Waals surface area contributed by atoms with Gasteiger partial charge in [-0.15, -0.1) is 0 Å². The smallest absolute Gasteiger partial charge is 0.0443 e. The summed E-state index contributed by atoms with van der Waals surface area (Å²) < 4.78 is 0. The highest BCUT2D eigenvalue weighted by Crippen LogP contribution is 2.33. The molecule has 0 atom stereocenters. The van der Waals surface area contributed by atoms with Gasteiger partial charge in [0.1, 0.15) is 0 Å². The molecule has 0 fully saturated rings.